The van der Waals surface area contributed by atoms with Crippen LogP contribution in [0.15, 0.2) is 60.8 Å². The molecule has 0 aliphatic heterocycles. The molecule has 1 unspecified atom stereocenters. The van der Waals surface area contributed by atoms with Gasteiger partial charge in [0.25, 0.3) is 0 Å². The summed E-state index contributed by atoms with van der Waals surface area (Å²) in [6.07, 6.45) is 34.1. The summed E-state index contributed by atoms with van der Waals surface area (Å²) in [7, 11) is -4.78. The van der Waals surface area contributed by atoms with Crippen LogP contribution in [0, 0.1) is 0 Å². The first-order chi connectivity index (χ1) is 22.2. The van der Waals surface area contributed by atoms with Gasteiger partial charge in [-0.05, 0) is 44.9 Å². The summed E-state index contributed by atoms with van der Waals surface area (Å²) < 4.78 is 26.1. The summed E-state index contributed by atoms with van der Waals surface area (Å²) in [5.41, 5.74) is 0. The zero-order valence-electron chi connectivity index (χ0n) is 28.3. The fourth-order valence-electron chi connectivity index (χ4n) is 4.31. The molecule has 0 heterocycles. The Hall–Kier alpha value is -2.29. The highest BCUT2D eigenvalue weighted by Crippen LogP contribution is 2.35. The van der Waals surface area contributed by atoms with Crippen LogP contribution in [0.3, 0.4) is 0 Å². The summed E-state index contributed by atoms with van der Waals surface area (Å²) in [6.45, 7) is 3.40. The monoisotopic (exact) mass is 668 g/mol. The van der Waals surface area contributed by atoms with Gasteiger partial charge >= 0.3 is 19.8 Å². The van der Waals surface area contributed by atoms with Gasteiger partial charge in [0.05, 0.1) is 12.7 Å². The number of aliphatic hydroxyl groups excluding tert-OH is 1. The molecule has 0 bridgehead atoms. The normalized spacial score (nSPS) is 13.9. The molecule has 2 atom stereocenters. The van der Waals surface area contributed by atoms with Crippen molar-refractivity contribution < 1.29 is 43.0 Å². The fraction of sp³-hybridized carbons (Fsp3) is 0.667. The third kappa shape index (κ3) is 33.1. The zero-order chi connectivity index (χ0) is 34.1. The number of hydrogen-bond donors (Lipinski definition) is 3. The van der Waals surface area contributed by atoms with Crippen molar-refractivity contribution in [2.24, 2.45) is 0 Å². The van der Waals surface area contributed by atoms with Crippen LogP contribution in [0.4, 0.5) is 0 Å². The number of esters is 2. The molecule has 3 N–H and O–H groups in total. The second-order valence-corrected chi connectivity index (χ2v) is 12.6. The lowest BCUT2D eigenvalue weighted by molar-refractivity contribution is -0.161. The van der Waals surface area contributed by atoms with E-state index in [0.717, 1.165) is 32.1 Å². The van der Waals surface area contributed by atoms with Gasteiger partial charge in [0.2, 0.25) is 0 Å². The topological polar surface area (TPSA) is 140 Å². The molecule has 0 aromatic heterocycles. The van der Waals surface area contributed by atoms with Gasteiger partial charge in [0.1, 0.15) is 6.61 Å². The molecule has 9 nitrogen and oxygen atoms in total. The Kier molecular flexibility index (Phi) is 29.8. The Labute approximate surface area is 278 Å². The van der Waals surface area contributed by atoms with Crippen molar-refractivity contribution in [1.82, 2.24) is 0 Å². The summed E-state index contributed by atoms with van der Waals surface area (Å²) in [5.74, 6) is -1.000. The summed E-state index contributed by atoms with van der Waals surface area (Å²) >= 11 is 0. The largest absolute Gasteiger partial charge is 0.469 e. The average molecular weight is 669 g/mol. The number of phosphoric ester groups is 1. The van der Waals surface area contributed by atoms with Crippen molar-refractivity contribution in [3.05, 3.63) is 60.8 Å². The van der Waals surface area contributed by atoms with Crippen LogP contribution in [-0.2, 0) is 28.2 Å². The SMILES string of the molecule is CC/C=C\C/C=C\CC(O)/C=C/C=C\C/C=C\CCCC(=O)O[C@H](COC(=O)CCCCCCCCCCCC)COP(=O)(O)O. The maximum atomic E-state index is 12.3. The van der Waals surface area contributed by atoms with Crippen LogP contribution in [-0.4, -0.2) is 52.3 Å². The maximum Gasteiger partial charge on any atom is 0.469 e. The maximum absolute atomic E-state index is 12.3. The van der Waals surface area contributed by atoms with E-state index in [4.69, 9.17) is 19.3 Å². The molecule has 10 heteroatoms. The molecule has 0 fully saturated rings. The molecule has 264 valence electrons. The number of aliphatic hydroxyl groups is 1. The Bertz CT molecular complexity index is 949. The molecular weight excluding hydrogens is 607 g/mol. The molecule has 0 rings (SSSR count). The van der Waals surface area contributed by atoms with Gasteiger partial charge in [-0.15, -0.1) is 0 Å². The molecule has 0 aromatic rings. The number of ether oxygens (including phenoxy) is 2. The molecule has 0 aliphatic carbocycles. The van der Waals surface area contributed by atoms with Crippen molar-refractivity contribution in [2.45, 2.75) is 142 Å². The minimum Gasteiger partial charge on any atom is -0.462 e. The number of carbonyl (C=O) groups is 2. The lowest BCUT2D eigenvalue weighted by atomic mass is 10.1. The highest BCUT2D eigenvalue weighted by Gasteiger charge is 2.22. The molecule has 46 heavy (non-hydrogen) atoms. The van der Waals surface area contributed by atoms with Gasteiger partial charge in [-0.1, -0.05) is 132 Å². The lowest BCUT2D eigenvalue weighted by Gasteiger charge is -2.18. The molecule has 0 spiro atoms. The van der Waals surface area contributed by atoms with Crippen molar-refractivity contribution in [3.63, 3.8) is 0 Å². The van der Waals surface area contributed by atoms with Gasteiger partial charge in [0.15, 0.2) is 6.10 Å². The van der Waals surface area contributed by atoms with Gasteiger partial charge in [-0.3, -0.25) is 14.1 Å². The second-order valence-electron chi connectivity index (χ2n) is 11.3. The van der Waals surface area contributed by atoms with E-state index in [2.05, 4.69) is 30.5 Å². The second kappa shape index (κ2) is 31.3. The zero-order valence-corrected chi connectivity index (χ0v) is 29.2. The standard InChI is InChI=1S/C36H61O9P/c1-3-5-7-9-11-12-13-17-21-25-29-35(38)43-31-34(32-44-46(40,41)42)45-36(39)30-26-22-18-15-14-16-20-24-28-33(37)27-23-19-10-8-6-4-2/h6,8,15-16,18-20,23-24,28,33-34,37H,3-5,7,9-14,17,21-22,25-27,29-32H2,1-2H3,(H2,40,41,42)/b8-6-,18-15-,20-16-,23-19-,28-24+/t33?,34-/m1/s1. The Balaban J connectivity index is 4.22. The van der Waals surface area contributed by atoms with Crippen LogP contribution >= 0.6 is 7.82 Å². The molecular formula is C36H61O9P. The lowest BCUT2D eigenvalue weighted by Crippen LogP contribution is -2.29. The Morgan fingerprint density at radius 2 is 1.30 bits per heavy atom. The van der Waals surface area contributed by atoms with E-state index in [1.165, 1.54) is 38.5 Å². The summed E-state index contributed by atoms with van der Waals surface area (Å²) in [5, 5.41) is 9.95. The van der Waals surface area contributed by atoms with Crippen molar-refractivity contribution >= 4 is 19.8 Å². The number of hydrogen-bond acceptors (Lipinski definition) is 7. The first kappa shape index (κ1) is 43.7. The van der Waals surface area contributed by atoms with E-state index < -0.39 is 38.6 Å². The third-order valence-electron chi connectivity index (χ3n) is 6.88. The van der Waals surface area contributed by atoms with E-state index in [9.17, 15) is 19.3 Å². The van der Waals surface area contributed by atoms with Gasteiger partial charge in [-0.2, -0.15) is 0 Å². The van der Waals surface area contributed by atoms with E-state index in [1.54, 1.807) is 6.08 Å². The van der Waals surface area contributed by atoms with Gasteiger partial charge < -0.3 is 24.4 Å². The van der Waals surface area contributed by atoms with Crippen LogP contribution in [0.25, 0.3) is 0 Å². The Morgan fingerprint density at radius 1 is 0.696 bits per heavy atom. The van der Waals surface area contributed by atoms with E-state index in [-0.39, 0.29) is 19.4 Å². The van der Waals surface area contributed by atoms with E-state index in [1.807, 2.05) is 42.5 Å². The molecule has 0 radical (unpaired) electrons. The predicted molar refractivity (Wildman–Crippen MR) is 185 cm³/mol. The number of unbranched alkanes of at least 4 members (excludes halogenated alkanes) is 10. The Morgan fingerprint density at radius 3 is 1.98 bits per heavy atom. The van der Waals surface area contributed by atoms with Crippen LogP contribution < -0.4 is 0 Å². The highest BCUT2D eigenvalue weighted by molar-refractivity contribution is 7.46. The van der Waals surface area contributed by atoms with Crippen molar-refractivity contribution in [1.29, 1.82) is 0 Å². The van der Waals surface area contributed by atoms with E-state index in [0.29, 0.717) is 32.1 Å². The number of phosphoric acid groups is 1. The predicted octanol–water partition coefficient (Wildman–Crippen LogP) is 8.75. The molecule has 0 aromatic carbocycles. The number of carbonyl (C=O) groups excluding carboxylic acids is 2. The molecule has 0 saturated heterocycles. The average Bonchev–Trinajstić information content (AvgIpc) is 3.01. The first-order valence-corrected chi connectivity index (χ1v) is 18.7. The smallest absolute Gasteiger partial charge is 0.462 e. The van der Waals surface area contributed by atoms with E-state index >= 15 is 0 Å². The molecule has 0 amide bonds. The number of rotatable bonds is 30. The summed E-state index contributed by atoms with van der Waals surface area (Å²) in [6, 6.07) is 0. The first-order valence-electron chi connectivity index (χ1n) is 17.2. The van der Waals surface area contributed by atoms with Crippen LogP contribution in [0.5, 0.6) is 0 Å². The van der Waals surface area contributed by atoms with Gasteiger partial charge in [-0.25, -0.2) is 4.57 Å². The minimum atomic E-state index is -4.78. The fourth-order valence-corrected chi connectivity index (χ4v) is 4.67. The van der Waals surface area contributed by atoms with Crippen molar-refractivity contribution in [2.75, 3.05) is 13.2 Å². The van der Waals surface area contributed by atoms with Gasteiger partial charge in [0, 0.05) is 12.8 Å². The quantitative estimate of drug-likeness (QED) is 0.0225. The summed E-state index contributed by atoms with van der Waals surface area (Å²) in [4.78, 5) is 42.5. The highest BCUT2D eigenvalue weighted by atomic mass is 31.2. The van der Waals surface area contributed by atoms with Crippen LogP contribution in [0.1, 0.15) is 129 Å². The number of allylic oxidation sites excluding steroid dienone is 8. The minimum absolute atomic E-state index is 0.100. The third-order valence-corrected chi connectivity index (χ3v) is 7.37. The van der Waals surface area contributed by atoms with Crippen molar-refractivity contribution in [3.8, 4) is 0 Å². The molecule has 0 saturated carbocycles. The van der Waals surface area contributed by atoms with Crippen LogP contribution in [0.2, 0.25) is 0 Å². The molecule has 0 aliphatic rings.